The Morgan fingerprint density at radius 1 is 1.28 bits per heavy atom. The van der Waals surface area contributed by atoms with Gasteiger partial charge in [0.25, 0.3) is 0 Å². The molecule has 1 fully saturated rings. The van der Waals surface area contributed by atoms with Crippen LogP contribution >= 0.6 is 0 Å². The number of rotatable bonds is 6. The van der Waals surface area contributed by atoms with Crippen LogP contribution in [0.3, 0.4) is 0 Å². The summed E-state index contributed by atoms with van der Waals surface area (Å²) in [5, 5.41) is 7.72. The number of ether oxygens (including phenoxy) is 1. The third kappa shape index (κ3) is 4.88. The Balaban J connectivity index is 1.56. The lowest BCUT2D eigenvalue weighted by Gasteiger charge is -2.38. The van der Waals surface area contributed by atoms with Crippen LogP contribution in [0, 0.1) is 23.7 Å². The first-order chi connectivity index (χ1) is 16.9. The molecule has 0 aliphatic carbocycles. The van der Waals surface area contributed by atoms with Crippen molar-refractivity contribution in [3.05, 3.63) is 0 Å². The molecule has 0 spiro atoms. The third-order valence-electron chi connectivity index (χ3n) is 7.73. The average Bonchev–Trinajstić information content (AvgIpc) is 3.31. The van der Waals surface area contributed by atoms with Gasteiger partial charge in [-0.3, -0.25) is 24.6 Å². The zero-order valence-electron chi connectivity index (χ0n) is 21.3. The topological polar surface area (TPSA) is 99.0 Å². The van der Waals surface area contributed by atoms with E-state index in [0.717, 1.165) is 10.7 Å². The molecule has 9 nitrogen and oxygen atoms in total. The molecule has 0 aromatic heterocycles. The van der Waals surface area contributed by atoms with E-state index >= 15 is 0 Å². The molecular formula is C24H35F3N6O3. The fourth-order valence-corrected chi connectivity index (χ4v) is 6.13. The number of hydrogen-bond acceptors (Lipinski definition) is 7. The Kier molecular flexibility index (Phi) is 7.20. The summed E-state index contributed by atoms with van der Waals surface area (Å²) in [6.45, 7) is 7.03. The first kappa shape index (κ1) is 26.6. The van der Waals surface area contributed by atoms with Gasteiger partial charge in [0, 0.05) is 32.0 Å². The van der Waals surface area contributed by atoms with Crippen molar-refractivity contribution in [2.75, 3.05) is 26.7 Å². The maximum absolute atomic E-state index is 13.6. The Hall–Kier alpha value is -2.50. The summed E-state index contributed by atoms with van der Waals surface area (Å²) in [5.41, 5.74) is -0.0322. The van der Waals surface area contributed by atoms with Gasteiger partial charge in [0.1, 0.15) is 6.54 Å². The van der Waals surface area contributed by atoms with Crippen LogP contribution in [0.4, 0.5) is 13.2 Å². The van der Waals surface area contributed by atoms with Crippen molar-refractivity contribution in [3.8, 4) is 0 Å². The number of hydrogen-bond donors (Lipinski definition) is 1. The van der Waals surface area contributed by atoms with E-state index in [-0.39, 0.29) is 36.2 Å². The fraction of sp³-hybridized carbons (Fsp3) is 0.792. The monoisotopic (exact) mass is 512 g/mol. The number of halogens is 3. The SMILES string of the molecule is CCNC(=O)C1CC(C2CC(C)C3C(=O)N(C4C=NN(CC(F)(F)F)C4)C(C)(C)C3=N2)C=NC1OC. The Bertz CT molecular complexity index is 965. The lowest BCUT2D eigenvalue weighted by molar-refractivity contribution is -0.146. The molecule has 1 saturated heterocycles. The van der Waals surface area contributed by atoms with E-state index < -0.39 is 42.4 Å². The number of aliphatic imine (C=N–C) groups is 2. The van der Waals surface area contributed by atoms with E-state index in [1.165, 1.54) is 13.3 Å². The van der Waals surface area contributed by atoms with Crippen LogP contribution in [0.2, 0.25) is 0 Å². The molecular weight excluding hydrogens is 477 g/mol. The predicted octanol–water partition coefficient (Wildman–Crippen LogP) is 2.12. The van der Waals surface area contributed by atoms with Crippen LogP contribution < -0.4 is 5.32 Å². The van der Waals surface area contributed by atoms with Gasteiger partial charge in [-0.2, -0.15) is 18.3 Å². The molecule has 4 rings (SSSR count). The van der Waals surface area contributed by atoms with Crippen LogP contribution in [-0.4, -0.2) is 96.6 Å². The minimum absolute atomic E-state index is 0.00556. The third-order valence-corrected chi connectivity index (χ3v) is 7.73. The molecule has 0 bridgehead atoms. The van der Waals surface area contributed by atoms with Gasteiger partial charge in [0.2, 0.25) is 11.8 Å². The molecule has 1 N–H and O–H groups in total. The number of carbonyl (C=O) groups excluding carboxylic acids is 2. The van der Waals surface area contributed by atoms with Gasteiger partial charge in [0.05, 0.1) is 41.7 Å². The number of nitrogens with one attached hydrogen (secondary N) is 1. The highest BCUT2D eigenvalue weighted by atomic mass is 19.4. The summed E-state index contributed by atoms with van der Waals surface area (Å²) in [6, 6.07) is -0.717. The molecule has 0 radical (unpaired) electrons. The van der Waals surface area contributed by atoms with E-state index in [2.05, 4.69) is 15.4 Å². The summed E-state index contributed by atoms with van der Waals surface area (Å²) in [7, 11) is 1.53. The van der Waals surface area contributed by atoms with Crippen LogP contribution in [0.15, 0.2) is 15.1 Å². The Morgan fingerprint density at radius 3 is 2.64 bits per heavy atom. The molecule has 4 aliphatic heterocycles. The number of methoxy groups -OCH3 is 1. The van der Waals surface area contributed by atoms with E-state index in [4.69, 9.17) is 9.73 Å². The molecule has 36 heavy (non-hydrogen) atoms. The van der Waals surface area contributed by atoms with Crippen LogP contribution in [0.1, 0.15) is 40.5 Å². The highest BCUT2D eigenvalue weighted by Crippen LogP contribution is 2.44. The maximum atomic E-state index is 13.6. The first-order valence-corrected chi connectivity index (χ1v) is 12.5. The molecule has 0 aromatic rings. The number of likely N-dealkylation sites (tertiary alicyclic amines) is 1. The van der Waals surface area contributed by atoms with Gasteiger partial charge < -0.3 is 15.0 Å². The van der Waals surface area contributed by atoms with Crippen molar-refractivity contribution in [1.29, 1.82) is 0 Å². The zero-order valence-corrected chi connectivity index (χ0v) is 21.3. The van der Waals surface area contributed by atoms with Crippen LogP contribution in [0.25, 0.3) is 0 Å². The molecule has 4 aliphatic rings. The molecule has 0 saturated carbocycles. The van der Waals surface area contributed by atoms with E-state index in [1.807, 2.05) is 33.9 Å². The lowest BCUT2D eigenvalue weighted by Crippen LogP contribution is -2.53. The fourth-order valence-electron chi connectivity index (χ4n) is 6.13. The molecule has 0 aromatic carbocycles. The van der Waals surface area contributed by atoms with Crippen molar-refractivity contribution in [2.24, 2.45) is 38.8 Å². The normalized spacial score (nSPS) is 35.7. The van der Waals surface area contributed by atoms with E-state index in [0.29, 0.717) is 19.4 Å². The van der Waals surface area contributed by atoms with Crippen molar-refractivity contribution in [3.63, 3.8) is 0 Å². The number of fused-ring (bicyclic) bond motifs is 1. The smallest absolute Gasteiger partial charge is 0.359 e. The lowest BCUT2D eigenvalue weighted by atomic mass is 9.74. The molecule has 2 amide bonds. The van der Waals surface area contributed by atoms with Crippen LogP contribution in [0.5, 0.6) is 0 Å². The summed E-state index contributed by atoms with van der Waals surface area (Å²) in [6.07, 6.45) is -0.472. The highest BCUT2D eigenvalue weighted by Gasteiger charge is 2.57. The number of nitrogens with zero attached hydrogens (tertiary/aromatic N) is 5. The van der Waals surface area contributed by atoms with Gasteiger partial charge in [-0.25, -0.2) is 0 Å². The van der Waals surface area contributed by atoms with Crippen molar-refractivity contribution < 1.29 is 27.5 Å². The van der Waals surface area contributed by atoms with Gasteiger partial charge in [-0.05, 0) is 39.5 Å². The summed E-state index contributed by atoms with van der Waals surface area (Å²) < 4.78 is 44.0. The standard InChI is InChI=1S/C24H35F3N6O3/c1-6-28-20(34)16-8-14(9-29-21(16)36-5)17-7-13(2)18-19(31-17)23(3,4)33(22(18)35)15-10-30-32(11-15)12-24(25,26)27/h9-10,13-18,21H,6-8,11-12H2,1-5H3,(H,28,34). The summed E-state index contributed by atoms with van der Waals surface area (Å²) >= 11 is 0. The van der Waals surface area contributed by atoms with Gasteiger partial charge in [0.15, 0.2) is 6.23 Å². The minimum atomic E-state index is -4.37. The number of alkyl halides is 3. The highest BCUT2D eigenvalue weighted by molar-refractivity contribution is 6.16. The molecule has 4 heterocycles. The molecule has 7 atom stereocenters. The number of carbonyl (C=O) groups is 2. The van der Waals surface area contributed by atoms with E-state index in [1.54, 1.807) is 4.90 Å². The van der Waals surface area contributed by atoms with Crippen LogP contribution in [-0.2, 0) is 14.3 Å². The Labute approximate surface area is 209 Å². The second kappa shape index (κ2) is 9.75. The van der Waals surface area contributed by atoms with Crippen molar-refractivity contribution in [1.82, 2.24) is 15.2 Å². The zero-order chi connectivity index (χ0) is 26.4. The van der Waals surface area contributed by atoms with E-state index in [9.17, 15) is 22.8 Å². The second-order valence-electron chi connectivity index (χ2n) is 10.7. The molecule has 7 unspecified atom stereocenters. The quantitative estimate of drug-likeness (QED) is 0.590. The minimum Gasteiger partial charge on any atom is -0.359 e. The van der Waals surface area contributed by atoms with Gasteiger partial charge >= 0.3 is 6.18 Å². The molecule has 200 valence electrons. The maximum Gasteiger partial charge on any atom is 0.407 e. The average molecular weight is 513 g/mol. The van der Waals surface area contributed by atoms with Crippen molar-refractivity contribution in [2.45, 2.75) is 70.6 Å². The largest absolute Gasteiger partial charge is 0.407 e. The van der Waals surface area contributed by atoms with Gasteiger partial charge in [-0.1, -0.05) is 6.92 Å². The summed E-state index contributed by atoms with van der Waals surface area (Å²) in [4.78, 5) is 37.4. The number of hydrazone groups is 1. The second-order valence-corrected chi connectivity index (χ2v) is 10.7. The van der Waals surface area contributed by atoms with Crippen molar-refractivity contribution >= 4 is 30.0 Å². The first-order valence-electron chi connectivity index (χ1n) is 12.5. The Morgan fingerprint density at radius 2 is 2.00 bits per heavy atom. The van der Waals surface area contributed by atoms with Gasteiger partial charge in [-0.15, -0.1) is 0 Å². The predicted molar refractivity (Wildman–Crippen MR) is 129 cm³/mol. The number of amides is 2. The summed E-state index contributed by atoms with van der Waals surface area (Å²) in [5.74, 6) is -1.18. The molecule has 12 heteroatoms.